The number of ether oxygens (including phenoxy) is 1. The van der Waals surface area contributed by atoms with Gasteiger partial charge in [0.25, 0.3) is 0 Å². The van der Waals surface area contributed by atoms with Crippen LogP contribution in [0.3, 0.4) is 0 Å². The van der Waals surface area contributed by atoms with Crippen LogP contribution in [0.5, 0.6) is 0 Å². The molecular weight excluding hydrogens is 252 g/mol. The van der Waals surface area contributed by atoms with Crippen LogP contribution in [0, 0.1) is 5.41 Å². The van der Waals surface area contributed by atoms with E-state index in [4.69, 9.17) is 10.1 Å². The Morgan fingerprint density at radius 3 is 3.10 bits per heavy atom. The number of hydrogen-bond donors (Lipinski definition) is 1. The van der Waals surface area contributed by atoms with Gasteiger partial charge in [-0.05, 0) is 44.2 Å². The van der Waals surface area contributed by atoms with E-state index in [0.29, 0.717) is 12.3 Å². The van der Waals surface area contributed by atoms with Gasteiger partial charge in [-0.3, -0.25) is 9.69 Å². The number of methoxy groups -OCH3 is 1. The van der Waals surface area contributed by atoms with Crippen LogP contribution in [0.1, 0.15) is 38.5 Å². The maximum atomic E-state index is 11.9. The van der Waals surface area contributed by atoms with Gasteiger partial charge in [0.05, 0.1) is 7.11 Å². The SMILES string of the molecule is COC(=O)C1CCCCN1C/C1=C/C=CCCCC1=N. The van der Waals surface area contributed by atoms with Gasteiger partial charge in [0.1, 0.15) is 6.04 Å². The molecule has 20 heavy (non-hydrogen) atoms. The number of carbonyl (C=O) groups is 1. The molecule has 2 rings (SSSR count). The molecule has 0 aromatic heterocycles. The molecule has 0 amide bonds. The molecule has 0 aromatic rings. The summed E-state index contributed by atoms with van der Waals surface area (Å²) in [6, 6.07) is -0.142. The third-order valence-electron chi connectivity index (χ3n) is 4.08. The van der Waals surface area contributed by atoms with Crippen molar-refractivity contribution in [3.63, 3.8) is 0 Å². The molecule has 1 aliphatic carbocycles. The van der Waals surface area contributed by atoms with E-state index >= 15 is 0 Å². The van der Waals surface area contributed by atoms with Gasteiger partial charge < -0.3 is 10.1 Å². The second-order valence-corrected chi connectivity index (χ2v) is 5.50. The molecule has 4 nitrogen and oxygen atoms in total. The largest absolute Gasteiger partial charge is 0.468 e. The Morgan fingerprint density at radius 2 is 2.30 bits per heavy atom. The van der Waals surface area contributed by atoms with E-state index in [1.54, 1.807) is 0 Å². The van der Waals surface area contributed by atoms with E-state index in [9.17, 15) is 4.79 Å². The van der Waals surface area contributed by atoms with Crippen LogP contribution < -0.4 is 0 Å². The van der Waals surface area contributed by atoms with Crippen molar-refractivity contribution in [2.24, 2.45) is 0 Å². The maximum Gasteiger partial charge on any atom is 0.323 e. The number of likely N-dealkylation sites (tertiary alicyclic amines) is 1. The van der Waals surface area contributed by atoms with Gasteiger partial charge in [0.15, 0.2) is 0 Å². The molecule has 0 spiro atoms. The minimum Gasteiger partial charge on any atom is -0.468 e. The highest BCUT2D eigenvalue weighted by molar-refractivity contribution is 5.98. The quantitative estimate of drug-likeness (QED) is 0.806. The van der Waals surface area contributed by atoms with E-state index < -0.39 is 0 Å². The lowest BCUT2D eigenvalue weighted by molar-refractivity contribution is -0.148. The molecule has 1 saturated heterocycles. The lowest BCUT2D eigenvalue weighted by atomic mass is 9.97. The first-order valence-corrected chi connectivity index (χ1v) is 7.47. The van der Waals surface area contributed by atoms with Gasteiger partial charge >= 0.3 is 5.97 Å². The molecule has 0 radical (unpaired) electrons. The summed E-state index contributed by atoms with van der Waals surface area (Å²) in [7, 11) is 1.45. The van der Waals surface area contributed by atoms with Crippen molar-refractivity contribution in [1.29, 1.82) is 5.41 Å². The van der Waals surface area contributed by atoms with E-state index in [0.717, 1.165) is 50.6 Å². The van der Waals surface area contributed by atoms with Crippen LogP contribution in [0.4, 0.5) is 0 Å². The highest BCUT2D eigenvalue weighted by Crippen LogP contribution is 2.21. The molecule has 1 atom stereocenters. The van der Waals surface area contributed by atoms with Crippen molar-refractivity contribution in [3.05, 3.63) is 23.8 Å². The number of esters is 1. The van der Waals surface area contributed by atoms with Crippen molar-refractivity contribution < 1.29 is 9.53 Å². The third-order valence-corrected chi connectivity index (χ3v) is 4.08. The summed E-state index contributed by atoms with van der Waals surface area (Å²) in [4.78, 5) is 14.0. The summed E-state index contributed by atoms with van der Waals surface area (Å²) >= 11 is 0. The first-order chi connectivity index (χ1) is 9.72. The Hall–Kier alpha value is -1.42. The molecule has 110 valence electrons. The summed E-state index contributed by atoms with van der Waals surface area (Å²) < 4.78 is 4.91. The number of nitrogens with one attached hydrogen (secondary N) is 1. The summed E-state index contributed by atoms with van der Waals surface area (Å²) in [6.07, 6.45) is 12.2. The molecule has 1 aliphatic heterocycles. The molecule has 0 aromatic carbocycles. The standard InChI is InChI=1S/C16H24N2O2/c1-20-16(19)15-10-6-7-11-18(15)12-13-8-4-2-3-5-9-14(13)17/h2,4,8,15,17H,3,5-7,9-12H2,1H3/b4-2?,13-8-,17-14?. The van der Waals surface area contributed by atoms with Gasteiger partial charge in [-0.25, -0.2) is 0 Å². The summed E-state index contributed by atoms with van der Waals surface area (Å²) in [5.74, 6) is -0.141. The second kappa shape index (κ2) is 7.39. The van der Waals surface area contributed by atoms with Crippen molar-refractivity contribution in [3.8, 4) is 0 Å². The highest BCUT2D eigenvalue weighted by atomic mass is 16.5. The molecule has 4 heteroatoms. The Kier molecular flexibility index (Phi) is 5.53. The summed E-state index contributed by atoms with van der Waals surface area (Å²) in [5.41, 5.74) is 1.75. The normalized spacial score (nSPS) is 27.4. The fourth-order valence-electron chi connectivity index (χ4n) is 2.89. The average Bonchev–Trinajstić information content (AvgIpc) is 2.46. The van der Waals surface area contributed by atoms with Crippen molar-refractivity contribution in [1.82, 2.24) is 4.90 Å². The summed E-state index contributed by atoms with van der Waals surface area (Å²) in [6.45, 7) is 1.59. The monoisotopic (exact) mass is 276 g/mol. The second-order valence-electron chi connectivity index (χ2n) is 5.50. The number of hydrogen-bond acceptors (Lipinski definition) is 4. The first kappa shape index (κ1) is 15.0. The van der Waals surface area contributed by atoms with Crippen molar-refractivity contribution in [2.75, 3.05) is 20.2 Å². The zero-order valence-electron chi connectivity index (χ0n) is 12.2. The van der Waals surface area contributed by atoms with Crippen LogP contribution in [-0.4, -0.2) is 42.8 Å². The van der Waals surface area contributed by atoms with Crippen LogP contribution >= 0.6 is 0 Å². The van der Waals surface area contributed by atoms with Crippen LogP contribution in [0.15, 0.2) is 23.8 Å². The van der Waals surface area contributed by atoms with Gasteiger partial charge in [0.2, 0.25) is 0 Å². The maximum absolute atomic E-state index is 11.9. The molecule has 1 unspecified atom stereocenters. The molecule has 0 saturated carbocycles. The number of allylic oxidation sites excluding steroid dienone is 3. The van der Waals surface area contributed by atoms with Crippen LogP contribution in [-0.2, 0) is 9.53 Å². The average molecular weight is 276 g/mol. The Balaban J connectivity index is 2.08. The number of rotatable bonds is 3. The predicted octanol–water partition coefficient (Wildman–Crippen LogP) is 2.70. The smallest absolute Gasteiger partial charge is 0.323 e. The first-order valence-electron chi connectivity index (χ1n) is 7.47. The molecule has 1 heterocycles. The fourth-order valence-corrected chi connectivity index (χ4v) is 2.89. The fraction of sp³-hybridized carbons (Fsp3) is 0.625. The van der Waals surface area contributed by atoms with Crippen molar-refractivity contribution in [2.45, 2.75) is 44.6 Å². The van der Waals surface area contributed by atoms with Crippen LogP contribution in [0.25, 0.3) is 0 Å². The zero-order chi connectivity index (χ0) is 14.4. The number of carbonyl (C=O) groups excluding carboxylic acids is 1. The van der Waals surface area contributed by atoms with E-state index in [-0.39, 0.29) is 12.0 Å². The van der Waals surface area contributed by atoms with E-state index in [1.165, 1.54) is 7.11 Å². The lowest BCUT2D eigenvalue weighted by Gasteiger charge is -2.34. The Bertz CT molecular complexity index is 426. The van der Waals surface area contributed by atoms with E-state index in [2.05, 4.69) is 11.0 Å². The predicted molar refractivity (Wildman–Crippen MR) is 80.0 cm³/mol. The Labute approximate surface area is 121 Å². The topological polar surface area (TPSA) is 53.4 Å². The van der Waals surface area contributed by atoms with E-state index in [1.807, 2.05) is 12.2 Å². The molecule has 0 bridgehead atoms. The van der Waals surface area contributed by atoms with Gasteiger partial charge in [-0.1, -0.05) is 24.6 Å². The lowest BCUT2D eigenvalue weighted by Crippen LogP contribution is -2.46. The highest BCUT2D eigenvalue weighted by Gasteiger charge is 2.30. The molecule has 1 N–H and O–H groups in total. The number of piperidine rings is 1. The van der Waals surface area contributed by atoms with Crippen LogP contribution in [0.2, 0.25) is 0 Å². The Morgan fingerprint density at radius 1 is 1.45 bits per heavy atom. The third kappa shape index (κ3) is 3.79. The van der Waals surface area contributed by atoms with Gasteiger partial charge in [-0.15, -0.1) is 0 Å². The molecule has 2 aliphatic rings. The molecule has 1 fully saturated rings. The zero-order valence-corrected chi connectivity index (χ0v) is 12.2. The summed E-state index contributed by atoms with van der Waals surface area (Å²) in [5, 5.41) is 8.17. The number of nitrogens with zero attached hydrogens (tertiary/aromatic N) is 1. The minimum absolute atomic E-state index is 0.141. The molecular formula is C16H24N2O2. The minimum atomic E-state index is -0.142. The van der Waals surface area contributed by atoms with Gasteiger partial charge in [0, 0.05) is 12.3 Å². The van der Waals surface area contributed by atoms with Crippen molar-refractivity contribution >= 4 is 11.7 Å². The van der Waals surface area contributed by atoms with Gasteiger partial charge in [-0.2, -0.15) is 0 Å².